The van der Waals surface area contributed by atoms with E-state index in [0.29, 0.717) is 32.5 Å². The summed E-state index contributed by atoms with van der Waals surface area (Å²) in [5.41, 5.74) is -0.616. The normalized spacial score (nSPS) is 18.1. The van der Waals surface area contributed by atoms with Crippen LogP contribution in [0.1, 0.15) is 31.1 Å². The lowest BCUT2D eigenvalue weighted by molar-refractivity contribution is 0.00441. The van der Waals surface area contributed by atoms with E-state index in [9.17, 15) is 9.90 Å². The van der Waals surface area contributed by atoms with Crippen molar-refractivity contribution in [1.29, 1.82) is 0 Å². The Hall–Kier alpha value is -0.780. The molecule has 20 heavy (non-hydrogen) atoms. The summed E-state index contributed by atoms with van der Waals surface area (Å²) >= 11 is 7.46. The van der Waals surface area contributed by atoms with Crippen molar-refractivity contribution in [1.82, 2.24) is 10.2 Å². The zero-order valence-corrected chi connectivity index (χ0v) is 13.3. The maximum atomic E-state index is 11.9. The maximum Gasteiger partial charge on any atom is 0.317 e. The van der Waals surface area contributed by atoms with Crippen LogP contribution in [-0.4, -0.2) is 41.3 Å². The molecule has 0 aliphatic carbocycles. The molecule has 0 atom stereocenters. The Bertz CT molecular complexity index is 452. The number of amides is 2. The number of aliphatic hydroxyl groups is 1. The van der Waals surface area contributed by atoms with Crippen LogP contribution in [0.3, 0.4) is 0 Å². The predicted molar refractivity (Wildman–Crippen MR) is 82.5 cm³/mol. The number of nitrogens with zero attached hydrogens (tertiary/aromatic N) is 1. The number of likely N-dealkylation sites (tertiary alicyclic amines) is 1. The van der Waals surface area contributed by atoms with Crippen molar-refractivity contribution in [2.24, 2.45) is 0 Å². The van der Waals surface area contributed by atoms with Gasteiger partial charge in [-0.1, -0.05) is 11.6 Å². The second-order valence-corrected chi connectivity index (χ2v) is 7.32. The molecular weight excluding hydrogens is 296 g/mol. The smallest absolute Gasteiger partial charge is 0.317 e. The first-order chi connectivity index (χ1) is 9.46. The molecule has 1 aromatic rings. The molecular formula is C14H21ClN2O2S. The van der Waals surface area contributed by atoms with Crippen LogP contribution in [0.25, 0.3) is 0 Å². The summed E-state index contributed by atoms with van der Waals surface area (Å²) in [5, 5.41) is 12.8. The van der Waals surface area contributed by atoms with Crippen LogP contribution in [0.5, 0.6) is 0 Å². The molecule has 6 heteroatoms. The van der Waals surface area contributed by atoms with Gasteiger partial charge in [-0.05, 0) is 44.7 Å². The SMILES string of the molecule is CC1(O)CCN(C(=O)NCCCc2ccc(Cl)s2)CC1. The molecule has 0 spiro atoms. The highest BCUT2D eigenvalue weighted by Crippen LogP contribution is 2.22. The van der Waals surface area contributed by atoms with Crippen LogP contribution >= 0.6 is 22.9 Å². The van der Waals surface area contributed by atoms with E-state index in [0.717, 1.165) is 17.2 Å². The van der Waals surface area contributed by atoms with Crippen LogP contribution in [-0.2, 0) is 6.42 Å². The van der Waals surface area contributed by atoms with Crippen molar-refractivity contribution in [3.05, 3.63) is 21.3 Å². The number of carbonyl (C=O) groups is 1. The highest BCUT2D eigenvalue weighted by atomic mass is 35.5. The summed E-state index contributed by atoms with van der Waals surface area (Å²) in [5.74, 6) is 0. The summed E-state index contributed by atoms with van der Waals surface area (Å²) in [6.45, 7) is 3.74. The second-order valence-electron chi connectivity index (χ2n) is 5.53. The van der Waals surface area contributed by atoms with Crippen molar-refractivity contribution in [3.63, 3.8) is 0 Å². The maximum absolute atomic E-state index is 11.9. The third kappa shape index (κ3) is 4.65. The van der Waals surface area contributed by atoms with Gasteiger partial charge in [0.15, 0.2) is 0 Å². The summed E-state index contributed by atoms with van der Waals surface area (Å²) in [7, 11) is 0. The molecule has 112 valence electrons. The first kappa shape index (κ1) is 15.6. The fraction of sp³-hybridized carbons (Fsp3) is 0.643. The average Bonchev–Trinajstić information content (AvgIpc) is 2.80. The molecule has 0 radical (unpaired) electrons. The molecule has 1 fully saturated rings. The molecule has 1 aromatic heterocycles. The van der Waals surface area contributed by atoms with E-state index < -0.39 is 5.60 Å². The number of halogens is 1. The van der Waals surface area contributed by atoms with Gasteiger partial charge in [-0.3, -0.25) is 0 Å². The van der Waals surface area contributed by atoms with Gasteiger partial charge in [0.25, 0.3) is 0 Å². The molecule has 2 heterocycles. The van der Waals surface area contributed by atoms with Crippen molar-refractivity contribution < 1.29 is 9.90 Å². The Kier molecular flexibility index (Phi) is 5.29. The van der Waals surface area contributed by atoms with Gasteiger partial charge >= 0.3 is 6.03 Å². The standard InChI is InChI=1S/C14H21ClN2O2S/c1-14(19)6-9-17(10-7-14)13(18)16-8-2-3-11-4-5-12(15)20-11/h4-5,19H,2-3,6-10H2,1H3,(H,16,18). The van der Waals surface area contributed by atoms with Gasteiger partial charge in [-0.15, -0.1) is 11.3 Å². The van der Waals surface area contributed by atoms with Gasteiger partial charge in [-0.2, -0.15) is 0 Å². The lowest BCUT2D eigenvalue weighted by Gasteiger charge is -2.35. The van der Waals surface area contributed by atoms with Crippen molar-refractivity contribution >= 4 is 29.0 Å². The molecule has 1 saturated heterocycles. The lowest BCUT2D eigenvalue weighted by Crippen LogP contribution is -2.49. The van der Waals surface area contributed by atoms with Gasteiger partial charge < -0.3 is 15.3 Å². The van der Waals surface area contributed by atoms with E-state index >= 15 is 0 Å². The van der Waals surface area contributed by atoms with Gasteiger partial charge in [0.05, 0.1) is 9.94 Å². The van der Waals surface area contributed by atoms with E-state index in [2.05, 4.69) is 5.32 Å². The van der Waals surface area contributed by atoms with Crippen LogP contribution in [0.15, 0.2) is 12.1 Å². The molecule has 2 N–H and O–H groups in total. The molecule has 2 amide bonds. The topological polar surface area (TPSA) is 52.6 Å². The first-order valence-electron chi connectivity index (χ1n) is 6.96. The minimum atomic E-state index is -0.616. The van der Waals surface area contributed by atoms with Gasteiger partial charge in [-0.25, -0.2) is 4.79 Å². The quantitative estimate of drug-likeness (QED) is 0.839. The minimum absolute atomic E-state index is 0.0234. The lowest BCUT2D eigenvalue weighted by atomic mass is 9.94. The largest absolute Gasteiger partial charge is 0.390 e. The number of nitrogens with one attached hydrogen (secondary N) is 1. The van der Waals surface area contributed by atoms with E-state index in [1.807, 2.05) is 19.1 Å². The third-order valence-corrected chi connectivity index (χ3v) is 4.92. The van der Waals surface area contributed by atoms with E-state index in [-0.39, 0.29) is 6.03 Å². The molecule has 4 nitrogen and oxygen atoms in total. The van der Waals surface area contributed by atoms with Gasteiger partial charge in [0.2, 0.25) is 0 Å². The number of thiophene rings is 1. The molecule has 0 aromatic carbocycles. The second kappa shape index (κ2) is 6.78. The minimum Gasteiger partial charge on any atom is -0.390 e. The van der Waals surface area contributed by atoms with Gasteiger partial charge in [0.1, 0.15) is 0 Å². The van der Waals surface area contributed by atoms with Crippen LogP contribution in [0, 0.1) is 0 Å². The van der Waals surface area contributed by atoms with E-state index in [1.54, 1.807) is 16.2 Å². The Balaban J connectivity index is 1.63. The fourth-order valence-electron chi connectivity index (χ4n) is 2.25. The highest BCUT2D eigenvalue weighted by molar-refractivity contribution is 7.16. The Morgan fingerprint density at radius 3 is 2.80 bits per heavy atom. The summed E-state index contributed by atoms with van der Waals surface area (Å²) in [6.07, 6.45) is 3.14. The molecule has 0 bridgehead atoms. The number of hydrogen-bond donors (Lipinski definition) is 2. The Morgan fingerprint density at radius 1 is 1.50 bits per heavy atom. The van der Waals surface area contributed by atoms with Crippen molar-refractivity contribution in [2.75, 3.05) is 19.6 Å². The summed E-state index contributed by atoms with van der Waals surface area (Å²) < 4.78 is 0.810. The predicted octanol–water partition coefficient (Wildman–Crippen LogP) is 2.89. The van der Waals surface area contributed by atoms with Crippen LogP contribution < -0.4 is 5.32 Å². The Morgan fingerprint density at radius 2 is 2.20 bits per heavy atom. The Labute approximate surface area is 128 Å². The molecule has 2 rings (SSSR count). The number of carbonyl (C=O) groups excluding carboxylic acids is 1. The highest BCUT2D eigenvalue weighted by Gasteiger charge is 2.29. The number of piperidine rings is 1. The third-order valence-electron chi connectivity index (χ3n) is 3.63. The van der Waals surface area contributed by atoms with E-state index in [4.69, 9.17) is 11.6 Å². The van der Waals surface area contributed by atoms with Crippen molar-refractivity contribution in [3.8, 4) is 0 Å². The van der Waals surface area contributed by atoms with Crippen LogP contribution in [0.2, 0.25) is 4.34 Å². The van der Waals surface area contributed by atoms with Gasteiger partial charge in [0, 0.05) is 24.5 Å². The number of aryl methyl sites for hydroxylation is 1. The number of rotatable bonds is 4. The van der Waals surface area contributed by atoms with E-state index in [1.165, 1.54) is 4.88 Å². The zero-order valence-electron chi connectivity index (χ0n) is 11.7. The molecule has 1 aliphatic rings. The monoisotopic (exact) mass is 316 g/mol. The first-order valence-corrected chi connectivity index (χ1v) is 8.15. The number of urea groups is 1. The summed E-state index contributed by atoms with van der Waals surface area (Å²) in [4.78, 5) is 15.0. The molecule has 0 unspecified atom stereocenters. The fourth-order valence-corrected chi connectivity index (χ4v) is 3.38. The van der Waals surface area contributed by atoms with Crippen LogP contribution in [0.4, 0.5) is 4.79 Å². The number of hydrogen-bond acceptors (Lipinski definition) is 3. The summed E-state index contributed by atoms with van der Waals surface area (Å²) in [6, 6.07) is 3.91. The average molecular weight is 317 g/mol. The molecule has 0 saturated carbocycles. The molecule has 1 aliphatic heterocycles. The zero-order chi connectivity index (χ0) is 14.6. The van der Waals surface area contributed by atoms with Crippen molar-refractivity contribution in [2.45, 2.75) is 38.2 Å².